The molecular weight excluding hydrogens is 354 g/mol. The Morgan fingerprint density at radius 2 is 1.69 bits per heavy atom. The number of amides is 2. The zero-order valence-electron chi connectivity index (χ0n) is 14.2. The second kappa shape index (κ2) is 9.91. The van der Waals surface area contributed by atoms with E-state index >= 15 is 0 Å². The molecule has 1 heterocycles. The van der Waals surface area contributed by atoms with Crippen LogP contribution in [0.4, 0.5) is 11.4 Å². The van der Waals surface area contributed by atoms with Crippen LogP contribution in [0.1, 0.15) is 16.8 Å². The maximum Gasteiger partial charge on any atom is 0.255 e. The van der Waals surface area contributed by atoms with E-state index < -0.39 is 0 Å². The van der Waals surface area contributed by atoms with Gasteiger partial charge >= 0.3 is 0 Å². The van der Waals surface area contributed by atoms with Gasteiger partial charge in [-0.2, -0.15) is 0 Å². The first-order chi connectivity index (χ1) is 12.2. The van der Waals surface area contributed by atoms with Crippen LogP contribution in [0.15, 0.2) is 54.6 Å². The highest BCUT2D eigenvalue weighted by Gasteiger charge is 2.17. The average Bonchev–Trinajstić information content (AvgIpc) is 2.64. The predicted molar refractivity (Wildman–Crippen MR) is 104 cm³/mol. The number of anilines is 2. The number of nitrogens with one attached hydrogen (secondary N) is 3. The minimum absolute atomic E-state index is 0. The molecule has 3 rings (SSSR count). The molecule has 0 radical (unpaired) electrons. The molecule has 1 saturated heterocycles. The summed E-state index contributed by atoms with van der Waals surface area (Å²) >= 11 is 0. The number of hydrogen-bond donors (Lipinski definition) is 3. The molecule has 0 aliphatic carbocycles. The number of morpholine rings is 1. The highest BCUT2D eigenvalue weighted by Crippen LogP contribution is 2.13. The van der Waals surface area contributed by atoms with E-state index in [1.165, 1.54) is 0 Å². The number of carbonyl (C=O) groups is 2. The zero-order valence-corrected chi connectivity index (χ0v) is 15.1. The Balaban J connectivity index is 0.00000243. The molecule has 1 fully saturated rings. The smallest absolute Gasteiger partial charge is 0.255 e. The van der Waals surface area contributed by atoms with Gasteiger partial charge in [-0.1, -0.05) is 18.2 Å². The Hall–Kier alpha value is -2.41. The topological polar surface area (TPSA) is 79.5 Å². The van der Waals surface area contributed by atoms with Gasteiger partial charge in [0.1, 0.15) is 0 Å². The molecule has 2 aromatic rings. The minimum atomic E-state index is -0.187. The molecular formula is C19H22ClN3O3. The van der Waals surface area contributed by atoms with Crippen LogP contribution in [-0.2, 0) is 9.53 Å². The Bertz CT molecular complexity index is 717. The molecule has 6 nitrogen and oxygen atoms in total. The number of para-hydroxylation sites is 1. The third kappa shape index (κ3) is 5.84. The molecule has 0 spiro atoms. The van der Waals surface area contributed by atoms with Crippen molar-refractivity contribution in [3.63, 3.8) is 0 Å². The molecule has 0 saturated carbocycles. The van der Waals surface area contributed by atoms with Crippen molar-refractivity contribution in [1.29, 1.82) is 0 Å². The molecule has 138 valence electrons. The fraction of sp³-hybridized carbons (Fsp3) is 0.263. The average molecular weight is 376 g/mol. The van der Waals surface area contributed by atoms with E-state index in [1.54, 1.807) is 24.3 Å². The Kier molecular flexibility index (Phi) is 7.59. The standard InChI is InChI=1S/C19H21N3O3.ClH/c23-18(12-17-13-25-11-10-20-17)21-16-8-6-14(7-9-16)19(24)22-15-4-2-1-3-5-15;/h1-9,17,20H,10-13H2,(H,21,23)(H,22,24);1H. The molecule has 2 amide bonds. The summed E-state index contributed by atoms with van der Waals surface area (Å²) < 4.78 is 5.34. The second-order valence-corrected chi connectivity index (χ2v) is 5.88. The second-order valence-electron chi connectivity index (χ2n) is 5.88. The molecule has 1 atom stereocenters. The summed E-state index contributed by atoms with van der Waals surface area (Å²) in [5.41, 5.74) is 1.94. The number of carbonyl (C=O) groups excluding carboxylic acids is 2. The fourth-order valence-corrected chi connectivity index (χ4v) is 2.62. The highest BCUT2D eigenvalue weighted by molar-refractivity contribution is 6.04. The van der Waals surface area contributed by atoms with Gasteiger partial charge in [0, 0.05) is 35.9 Å². The van der Waals surface area contributed by atoms with Crippen LogP contribution in [-0.4, -0.2) is 37.6 Å². The normalized spacial score (nSPS) is 16.2. The first kappa shape index (κ1) is 19.9. The van der Waals surface area contributed by atoms with Gasteiger partial charge in [-0.25, -0.2) is 0 Å². The van der Waals surface area contributed by atoms with E-state index in [2.05, 4.69) is 16.0 Å². The number of ether oxygens (including phenoxy) is 1. The van der Waals surface area contributed by atoms with Crippen molar-refractivity contribution in [3.05, 3.63) is 60.2 Å². The lowest BCUT2D eigenvalue weighted by Gasteiger charge is -2.23. The van der Waals surface area contributed by atoms with Gasteiger partial charge < -0.3 is 20.7 Å². The summed E-state index contributed by atoms with van der Waals surface area (Å²) in [7, 11) is 0. The monoisotopic (exact) mass is 375 g/mol. The molecule has 26 heavy (non-hydrogen) atoms. The van der Waals surface area contributed by atoms with Crippen molar-refractivity contribution in [2.45, 2.75) is 12.5 Å². The van der Waals surface area contributed by atoms with Crippen LogP contribution in [0.3, 0.4) is 0 Å². The maximum atomic E-state index is 12.2. The minimum Gasteiger partial charge on any atom is -0.378 e. The van der Waals surface area contributed by atoms with Crippen LogP contribution in [0.5, 0.6) is 0 Å². The molecule has 2 aromatic carbocycles. The third-order valence-corrected chi connectivity index (χ3v) is 3.89. The molecule has 1 aliphatic heterocycles. The lowest BCUT2D eigenvalue weighted by atomic mass is 10.1. The van der Waals surface area contributed by atoms with E-state index in [9.17, 15) is 9.59 Å². The summed E-state index contributed by atoms with van der Waals surface area (Å²) in [4.78, 5) is 24.2. The first-order valence-corrected chi connectivity index (χ1v) is 8.28. The summed E-state index contributed by atoms with van der Waals surface area (Å²) in [6.07, 6.45) is 0.357. The SMILES string of the molecule is Cl.O=C(CC1COCCN1)Nc1ccc(C(=O)Nc2ccccc2)cc1. The summed E-state index contributed by atoms with van der Waals surface area (Å²) in [5, 5.41) is 8.91. The Morgan fingerprint density at radius 3 is 2.35 bits per heavy atom. The predicted octanol–water partition coefficient (Wildman–Crippen LogP) is 2.68. The maximum absolute atomic E-state index is 12.2. The fourth-order valence-electron chi connectivity index (χ4n) is 2.62. The number of benzene rings is 2. The number of rotatable bonds is 5. The zero-order chi connectivity index (χ0) is 17.5. The number of hydrogen-bond acceptors (Lipinski definition) is 4. The molecule has 7 heteroatoms. The van der Waals surface area contributed by atoms with Crippen LogP contribution in [0.25, 0.3) is 0 Å². The van der Waals surface area contributed by atoms with Gasteiger partial charge in [-0.3, -0.25) is 9.59 Å². The molecule has 0 aromatic heterocycles. The largest absolute Gasteiger partial charge is 0.378 e. The summed E-state index contributed by atoms with van der Waals surface area (Å²) in [5.74, 6) is -0.267. The highest BCUT2D eigenvalue weighted by atomic mass is 35.5. The van der Waals surface area contributed by atoms with Crippen molar-refractivity contribution < 1.29 is 14.3 Å². The quantitative estimate of drug-likeness (QED) is 0.750. The van der Waals surface area contributed by atoms with Crippen molar-refractivity contribution in [2.24, 2.45) is 0 Å². The van der Waals surface area contributed by atoms with Gasteiger partial charge in [0.25, 0.3) is 5.91 Å². The van der Waals surface area contributed by atoms with E-state index in [-0.39, 0.29) is 30.3 Å². The van der Waals surface area contributed by atoms with Gasteiger partial charge in [-0.05, 0) is 36.4 Å². The number of halogens is 1. The van der Waals surface area contributed by atoms with Crippen molar-refractivity contribution >= 4 is 35.6 Å². The van der Waals surface area contributed by atoms with E-state index in [1.807, 2.05) is 30.3 Å². The van der Waals surface area contributed by atoms with Gasteiger partial charge in [-0.15, -0.1) is 12.4 Å². The van der Waals surface area contributed by atoms with Gasteiger partial charge in [0.05, 0.1) is 13.2 Å². The summed E-state index contributed by atoms with van der Waals surface area (Å²) in [6.45, 7) is 2.00. The van der Waals surface area contributed by atoms with Gasteiger partial charge in [0.15, 0.2) is 0 Å². The lowest BCUT2D eigenvalue weighted by Crippen LogP contribution is -2.43. The van der Waals surface area contributed by atoms with Crippen molar-refractivity contribution in [3.8, 4) is 0 Å². The van der Waals surface area contributed by atoms with E-state index in [0.717, 1.165) is 12.2 Å². The first-order valence-electron chi connectivity index (χ1n) is 8.28. The van der Waals surface area contributed by atoms with E-state index in [0.29, 0.717) is 30.9 Å². The Labute approximate surface area is 158 Å². The summed E-state index contributed by atoms with van der Waals surface area (Å²) in [6, 6.07) is 16.1. The van der Waals surface area contributed by atoms with Crippen LogP contribution >= 0.6 is 12.4 Å². The van der Waals surface area contributed by atoms with Crippen LogP contribution in [0, 0.1) is 0 Å². The van der Waals surface area contributed by atoms with Crippen LogP contribution in [0.2, 0.25) is 0 Å². The third-order valence-electron chi connectivity index (χ3n) is 3.89. The lowest BCUT2D eigenvalue weighted by molar-refractivity contribution is -0.117. The molecule has 1 aliphatic rings. The molecule has 0 bridgehead atoms. The van der Waals surface area contributed by atoms with Crippen molar-refractivity contribution in [2.75, 3.05) is 30.4 Å². The van der Waals surface area contributed by atoms with Gasteiger partial charge in [0.2, 0.25) is 5.91 Å². The Morgan fingerprint density at radius 1 is 1.00 bits per heavy atom. The molecule has 1 unspecified atom stereocenters. The van der Waals surface area contributed by atoms with E-state index in [4.69, 9.17) is 4.74 Å². The van der Waals surface area contributed by atoms with Crippen molar-refractivity contribution in [1.82, 2.24) is 5.32 Å². The van der Waals surface area contributed by atoms with Crippen LogP contribution < -0.4 is 16.0 Å². The molecule has 3 N–H and O–H groups in total.